The fraction of sp³-hybridized carbons (Fsp3) is 0.611. The van der Waals surface area contributed by atoms with Gasteiger partial charge >= 0.3 is 0 Å². The lowest BCUT2D eigenvalue weighted by Crippen LogP contribution is -2.42. The highest BCUT2D eigenvalue weighted by molar-refractivity contribution is 14.0. The number of nitrogens with zero attached hydrogens (tertiary/aromatic N) is 1. The molecular formula is C18H30IN3OS. The first-order chi connectivity index (χ1) is 11.0. The van der Waals surface area contributed by atoms with E-state index < -0.39 is 0 Å². The highest BCUT2D eigenvalue weighted by Gasteiger charge is 2.24. The first kappa shape index (κ1) is 21.4. The monoisotopic (exact) mass is 463 g/mol. The van der Waals surface area contributed by atoms with Crippen LogP contribution in [0.15, 0.2) is 17.1 Å². The van der Waals surface area contributed by atoms with E-state index in [0.29, 0.717) is 18.3 Å². The minimum Gasteiger partial charge on any atom is -0.507 e. The van der Waals surface area contributed by atoms with Crippen LogP contribution in [0.25, 0.3) is 0 Å². The van der Waals surface area contributed by atoms with E-state index in [1.807, 2.05) is 37.7 Å². The molecule has 1 aromatic rings. The average molecular weight is 463 g/mol. The smallest absolute Gasteiger partial charge is 0.191 e. The van der Waals surface area contributed by atoms with E-state index in [1.54, 1.807) is 0 Å². The second-order valence-corrected chi connectivity index (χ2v) is 7.42. The second kappa shape index (κ2) is 10.4. The van der Waals surface area contributed by atoms with Crippen LogP contribution in [0.2, 0.25) is 0 Å². The zero-order chi connectivity index (χ0) is 16.8. The molecule has 0 aromatic heterocycles. The van der Waals surface area contributed by atoms with Crippen LogP contribution in [0.3, 0.4) is 0 Å². The van der Waals surface area contributed by atoms with Crippen LogP contribution in [-0.2, 0) is 6.54 Å². The van der Waals surface area contributed by atoms with Gasteiger partial charge in [0.2, 0.25) is 0 Å². The van der Waals surface area contributed by atoms with Gasteiger partial charge in [0.05, 0.1) is 6.54 Å². The molecule has 136 valence electrons. The maximum Gasteiger partial charge on any atom is 0.191 e. The Bertz CT molecular complexity index is 542. The summed E-state index contributed by atoms with van der Waals surface area (Å²) in [6.45, 7) is 7.43. The molecule has 1 aromatic carbocycles. The molecule has 0 heterocycles. The van der Waals surface area contributed by atoms with Crippen LogP contribution >= 0.6 is 35.7 Å². The molecule has 1 aliphatic carbocycles. The molecule has 4 nitrogen and oxygen atoms in total. The van der Waals surface area contributed by atoms with Gasteiger partial charge in [0, 0.05) is 17.8 Å². The van der Waals surface area contributed by atoms with Crippen LogP contribution < -0.4 is 10.6 Å². The number of benzene rings is 1. The first-order valence-corrected chi connectivity index (χ1v) is 9.69. The van der Waals surface area contributed by atoms with Crippen molar-refractivity contribution < 1.29 is 5.11 Å². The maximum absolute atomic E-state index is 9.87. The number of guanidine groups is 1. The van der Waals surface area contributed by atoms with Crippen LogP contribution in [0.4, 0.5) is 0 Å². The summed E-state index contributed by atoms with van der Waals surface area (Å²) in [6, 6.07) is 4.54. The average Bonchev–Trinajstić information content (AvgIpc) is 2.98. The fourth-order valence-electron chi connectivity index (χ4n) is 3.11. The van der Waals surface area contributed by atoms with Gasteiger partial charge in [-0.15, -0.1) is 24.0 Å². The summed E-state index contributed by atoms with van der Waals surface area (Å²) in [6.07, 6.45) is 5.91. The number of thioether (sulfide) groups is 1. The molecule has 0 spiro atoms. The number of hydrogen-bond donors (Lipinski definition) is 3. The van der Waals surface area contributed by atoms with Gasteiger partial charge < -0.3 is 15.7 Å². The van der Waals surface area contributed by atoms with E-state index in [9.17, 15) is 5.11 Å². The molecule has 6 heteroatoms. The Morgan fingerprint density at radius 2 is 1.96 bits per heavy atom. The van der Waals surface area contributed by atoms with Crippen molar-refractivity contribution in [2.24, 2.45) is 4.99 Å². The third kappa shape index (κ3) is 6.02. The zero-order valence-corrected chi connectivity index (χ0v) is 18.2. The van der Waals surface area contributed by atoms with E-state index in [2.05, 4.69) is 23.8 Å². The van der Waals surface area contributed by atoms with Crippen molar-refractivity contribution in [3.05, 3.63) is 28.8 Å². The van der Waals surface area contributed by atoms with E-state index in [0.717, 1.165) is 34.4 Å². The van der Waals surface area contributed by atoms with Gasteiger partial charge in [-0.2, -0.15) is 11.8 Å². The maximum atomic E-state index is 9.87. The predicted octanol–water partition coefficient (Wildman–Crippen LogP) is 3.97. The lowest BCUT2D eigenvalue weighted by molar-refractivity contribution is 0.466. The van der Waals surface area contributed by atoms with E-state index in [1.165, 1.54) is 19.3 Å². The molecule has 0 saturated heterocycles. The number of aromatic hydroxyl groups is 1. The highest BCUT2D eigenvalue weighted by Crippen LogP contribution is 2.28. The number of halogens is 1. The SMILES string of the molecule is CCNC(=NCc1cc(C)c(O)c(C)c1)NC1CCC(SC)C1.I. The van der Waals surface area contributed by atoms with E-state index >= 15 is 0 Å². The summed E-state index contributed by atoms with van der Waals surface area (Å²) in [5.41, 5.74) is 2.95. The van der Waals surface area contributed by atoms with Gasteiger partial charge in [-0.1, -0.05) is 12.1 Å². The highest BCUT2D eigenvalue weighted by atomic mass is 127. The molecule has 0 amide bonds. The van der Waals surface area contributed by atoms with Gasteiger partial charge in [-0.25, -0.2) is 4.99 Å². The molecule has 0 bridgehead atoms. The number of nitrogens with one attached hydrogen (secondary N) is 2. The summed E-state index contributed by atoms with van der Waals surface area (Å²) >= 11 is 1.97. The number of phenols is 1. The van der Waals surface area contributed by atoms with Crippen molar-refractivity contribution in [3.63, 3.8) is 0 Å². The van der Waals surface area contributed by atoms with E-state index in [-0.39, 0.29) is 24.0 Å². The summed E-state index contributed by atoms with van der Waals surface area (Å²) in [5, 5.41) is 17.5. The zero-order valence-electron chi connectivity index (χ0n) is 15.1. The number of rotatable bonds is 5. The normalized spacial score (nSPS) is 20.6. The lowest BCUT2D eigenvalue weighted by atomic mass is 10.1. The van der Waals surface area contributed by atoms with Gasteiger partial charge in [0.15, 0.2) is 5.96 Å². The number of aliphatic imine (C=N–C) groups is 1. The summed E-state index contributed by atoms with van der Waals surface area (Å²) < 4.78 is 0. The molecule has 2 atom stereocenters. The molecule has 24 heavy (non-hydrogen) atoms. The van der Waals surface area contributed by atoms with Crippen LogP contribution in [0.1, 0.15) is 42.9 Å². The number of hydrogen-bond acceptors (Lipinski definition) is 3. The van der Waals surface area contributed by atoms with Crippen LogP contribution in [0.5, 0.6) is 5.75 Å². The fourth-order valence-corrected chi connectivity index (χ4v) is 3.90. The van der Waals surface area contributed by atoms with Crippen molar-refractivity contribution in [3.8, 4) is 5.75 Å². The standard InChI is InChI=1S/C18H29N3OS.HI/c1-5-19-18(21-15-6-7-16(10-15)23-4)20-11-14-8-12(2)17(22)13(3)9-14;/h8-9,15-16,22H,5-7,10-11H2,1-4H3,(H2,19,20,21);1H. The molecular weight excluding hydrogens is 433 g/mol. The minimum absolute atomic E-state index is 0. The van der Waals surface area contributed by atoms with Gasteiger partial charge in [-0.05, 0) is 63.0 Å². The molecule has 1 saturated carbocycles. The lowest BCUT2D eigenvalue weighted by Gasteiger charge is -2.17. The molecule has 1 aliphatic rings. The van der Waals surface area contributed by atoms with Crippen molar-refractivity contribution in [1.29, 1.82) is 0 Å². The number of phenolic OH excluding ortho intramolecular Hbond substituents is 1. The third-order valence-corrected chi connectivity index (χ3v) is 5.47. The summed E-state index contributed by atoms with van der Waals surface area (Å²) in [7, 11) is 0. The Balaban J connectivity index is 0.00000288. The Kier molecular flexibility index (Phi) is 9.26. The predicted molar refractivity (Wildman–Crippen MR) is 116 cm³/mol. The van der Waals surface area contributed by atoms with Gasteiger partial charge in [0.25, 0.3) is 0 Å². The van der Waals surface area contributed by atoms with Crippen molar-refractivity contribution in [1.82, 2.24) is 10.6 Å². The van der Waals surface area contributed by atoms with Crippen molar-refractivity contribution >= 4 is 41.7 Å². The summed E-state index contributed by atoms with van der Waals surface area (Å²) in [4.78, 5) is 4.72. The quantitative estimate of drug-likeness (QED) is 0.352. The van der Waals surface area contributed by atoms with Gasteiger partial charge in [-0.3, -0.25) is 0 Å². The number of aryl methyl sites for hydroxylation is 2. The topological polar surface area (TPSA) is 56.7 Å². The molecule has 0 radical (unpaired) electrons. The molecule has 2 rings (SSSR count). The molecule has 0 aliphatic heterocycles. The Hall–Kier alpha value is -0.630. The van der Waals surface area contributed by atoms with Crippen molar-refractivity contribution in [2.45, 2.75) is 57.9 Å². The van der Waals surface area contributed by atoms with Crippen LogP contribution in [-0.4, -0.2) is 35.2 Å². The summed E-state index contributed by atoms with van der Waals surface area (Å²) in [5.74, 6) is 1.28. The van der Waals surface area contributed by atoms with E-state index in [4.69, 9.17) is 4.99 Å². The Morgan fingerprint density at radius 1 is 1.29 bits per heavy atom. The largest absolute Gasteiger partial charge is 0.507 e. The minimum atomic E-state index is 0. The Morgan fingerprint density at radius 3 is 2.50 bits per heavy atom. The van der Waals surface area contributed by atoms with Crippen LogP contribution in [0, 0.1) is 13.8 Å². The second-order valence-electron chi connectivity index (χ2n) is 6.29. The third-order valence-electron chi connectivity index (χ3n) is 4.37. The first-order valence-electron chi connectivity index (χ1n) is 8.40. The van der Waals surface area contributed by atoms with Gasteiger partial charge in [0.1, 0.15) is 5.75 Å². The molecule has 1 fully saturated rings. The van der Waals surface area contributed by atoms with Crippen molar-refractivity contribution in [2.75, 3.05) is 12.8 Å². The molecule has 3 N–H and O–H groups in total. The molecule has 2 unspecified atom stereocenters. The Labute approximate surface area is 167 Å².